The molecule has 0 radical (unpaired) electrons. The van der Waals surface area contributed by atoms with Crippen molar-refractivity contribution in [3.8, 4) is 5.75 Å². The largest absolute Gasteiger partial charge is 0.463 e. The summed E-state index contributed by atoms with van der Waals surface area (Å²) in [6, 6.07) is 1.73. The second-order valence-corrected chi connectivity index (χ2v) is 7.85. The molecule has 0 atom stereocenters. The van der Waals surface area contributed by atoms with Crippen LogP contribution in [0.5, 0.6) is 5.75 Å². The van der Waals surface area contributed by atoms with Crippen LogP contribution < -0.4 is 15.4 Å². The van der Waals surface area contributed by atoms with E-state index in [1.54, 1.807) is 39.0 Å². The first kappa shape index (κ1) is 27.0. The Bertz CT molecular complexity index is 1030. The molecule has 2 N–H and O–H groups in total. The van der Waals surface area contributed by atoms with E-state index in [4.69, 9.17) is 4.74 Å². The maximum atomic E-state index is 13.2. The molecule has 1 aromatic carbocycles. The summed E-state index contributed by atoms with van der Waals surface area (Å²) in [4.78, 5) is 25.1. The molecule has 0 spiro atoms. The minimum absolute atomic E-state index is 0.0664. The minimum atomic E-state index is -4.47. The first-order valence-corrected chi connectivity index (χ1v) is 11.3. The molecule has 34 heavy (non-hydrogen) atoms. The van der Waals surface area contributed by atoms with E-state index in [0.29, 0.717) is 35.5 Å². The Morgan fingerprint density at radius 1 is 1.18 bits per heavy atom. The van der Waals surface area contributed by atoms with Gasteiger partial charge in [-0.25, -0.2) is 0 Å². The van der Waals surface area contributed by atoms with E-state index < -0.39 is 18.5 Å². The first-order valence-electron chi connectivity index (χ1n) is 11.3. The molecule has 1 aliphatic heterocycles. The molecule has 1 heterocycles. The lowest BCUT2D eigenvalue weighted by atomic mass is 9.97. The summed E-state index contributed by atoms with van der Waals surface area (Å²) in [5.41, 5.74) is 2.10. The second-order valence-electron chi connectivity index (χ2n) is 7.85. The van der Waals surface area contributed by atoms with Crippen LogP contribution >= 0.6 is 0 Å². The van der Waals surface area contributed by atoms with Crippen LogP contribution in [0.2, 0.25) is 0 Å². The Morgan fingerprint density at radius 2 is 1.88 bits per heavy atom. The summed E-state index contributed by atoms with van der Waals surface area (Å²) < 4.78 is 45.5. The zero-order valence-electron chi connectivity index (χ0n) is 19.9. The smallest absolute Gasteiger partial charge is 0.393 e. The highest BCUT2D eigenvalue weighted by atomic mass is 19.4. The van der Waals surface area contributed by atoms with Crippen molar-refractivity contribution in [3.05, 3.63) is 65.0 Å². The van der Waals surface area contributed by atoms with Gasteiger partial charge in [0.1, 0.15) is 0 Å². The van der Waals surface area contributed by atoms with Crippen LogP contribution in [-0.4, -0.2) is 18.0 Å². The van der Waals surface area contributed by atoms with E-state index in [9.17, 15) is 22.8 Å². The second kappa shape index (κ2) is 12.3. The summed E-state index contributed by atoms with van der Waals surface area (Å²) in [5.74, 6) is -0.398. The number of carbonyl (C=O) groups is 2. The number of hydrogen-bond donors (Lipinski definition) is 2. The maximum Gasteiger partial charge on any atom is 0.393 e. The molecule has 0 saturated heterocycles. The van der Waals surface area contributed by atoms with Crippen LogP contribution in [0, 0.1) is 6.92 Å². The Morgan fingerprint density at radius 3 is 2.50 bits per heavy atom. The molecule has 184 valence electrons. The first-order chi connectivity index (χ1) is 16.1. The normalized spacial score (nSPS) is 15.0. The third kappa shape index (κ3) is 7.37. The molecule has 0 fully saturated rings. The predicted octanol–water partition coefficient (Wildman–Crippen LogP) is 6.91. The third-order valence-corrected chi connectivity index (χ3v) is 5.13. The Kier molecular flexibility index (Phi) is 9.71. The fraction of sp³-hybridized carbons (Fsp3) is 0.385. The lowest BCUT2D eigenvalue weighted by Gasteiger charge is -2.23. The van der Waals surface area contributed by atoms with Gasteiger partial charge < -0.3 is 15.4 Å². The van der Waals surface area contributed by atoms with Gasteiger partial charge in [0.25, 0.3) is 5.91 Å². The highest BCUT2D eigenvalue weighted by Gasteiger charge is 2.30. The molecule has 1 aromatic rings. The zero-order valence-corrected chi connectivity index (χ0v) is 19.9. The molecular formula is C26H31F3N2O3. The summed E-state index contributed by atoms with van der Waals surface area (Å²) in [7, 11) is 0. The van der Waals surface area contributed by atoms with Gasteiger partial charge in [0.15, 0.2) is 5.75 Å². The number of benzene rings is 1. The molecule has 5 nitrogen and oxygen atoms in total. The Labute approximate surface area is 198 Å². The number of alkyl halides is 3. The Hall–Kier alpha value is -3.29. The third-order valence-electron chi connectivity index (χ3n) is 5.13. The standard InChI is InChI=1S/C26H31F3N2O3/c1-5-8-11-19(16-26(27,28)29)20(10-7-3)25(33)30-21-15-18-12-13-22(32)31-23(18)24(17(21)4)34-14-9-6-2/h7-11,14-15H,5-6,12-13,16H2,1-4H3,(H,30,33)(H,31,32)/b10-7-,11-8+,14-9+,20-19-. The van der Waals surface area contributed by atoms with Crippen molar-refractivity contribution in [2.75, 3.05) is 10.6 Å². The van der Waals surface area contributed by atoms with E-state index in [1.807, 2.05) is 6.92 Å². The van der Waals surface area contributed by atoms with Gasteiger partial charge in [-0.2, -0.15) is 13.2 Å². The molecule has 0 aliphatic carbocycles. The van der Waals surface area contributed by atoms with Crippen molar-refractivity contribution in [1.29, 1.82) is 0 Å². The lowest BCUT2D eigenvalue weighted by molar-refractivity contribution is -0.126. The van der Waals surface area contributed by atoms with Crippen LogP contribution in [0.1, 0.15) is 57.6 Å². The van der Waals surface area contributed by atoms with Crippen LogP contribution in [0.4, 0.5) is 24.5 Å². The summed E-state index contributed by atoms with van der Waals surface area (Å²) in [6.45, 7) is 7.11. The number of rotatable bonds is 9. The highest BCUT2D eigenvalue weighted by Crippen LogP contribution is 2.40. The number of fused-ring (bicyclic) bond motifs is 1. The molecule has 0 bridgehead atoms. The number of halogens is 3. The average Bonchev–Trinajstić information content (AvgIpc) is 2.77. The van der Waals surface area contributed by atoms with Gasteiger partial charge in [0.2, 0.25) is 5.91 Å². The number of nitrogens with one attached hydrogen (secondary N) is 2. The lowest BCUT2D eigenvalue weighted by Crippen LogP contribution is -2.22. The van der Waals surface area contributed by atoms with E-state index in [2.05, 4.69) is 10.6 Å². The molecule has 0 saturated carbocycles. The van der Waals surface area contributed by atoms with Crippen molar-refractivity contribution in [2.45, 2.75) is 66.0 Å². The van der Waals surface area contributed by atoms with Gasteiger partial charge in [-0.3, -0.25) is 9.59 Å². The number of carbonyl (C=O) groups excluding carboxylic acids is 2. The van der Waals surface area contributed by atoms with Crippen LogP contribution in [0.25, 0.3) is 0 Å². The number of allylic oxidation sites excluding steroid dienone is 5. The fourth-order valence-corrected chi connectivity index (χ4v) is 3.49. The van der Waals surface area contributed by atoms with Crippen LogP contribution in [0.15, 0.2) is 53.9 Å². The van der Waals surface area contributed by atoms with Gasteiger partial charge in [-0.1, -0.05) is 38.2 Å². The number of anilines is 2. The van der Waals surface area contributed by atoms with Crippen molar-refractivity contribution in [1.82, 2.24) is 0 Å². The SMILES string of the molecule is C\C=C/C(C(=O)Nc1cc2c(c(O/C=C/CC)c1C)NC(=O)CC2)=C(\C=C\CC)CC(F)(F)F. The molecule has 0 aromatic heterocycles. The van der Waals surface area contributed by atoms with Crippen LogP contribution in [-0.2, 0) is 16.0 Å². The van der Waals surface area contributed by atoms with Crippen molar-refractivity contribution in [2.24, 2.45) is 0 Å². The fourth-order valence-electron chi connectivity index (χ4n) is 3.49. The minimum Gasteiger partial charge on any atom is -0.463 e. The number of aryl methyl sites for hydroxylation is 1. The summed E-state index contributed by atoms with van der Waals surface area (Å²) in [6.07, 6.45) is 5.50. The molecule has 8 heteroatoms. The molecular weight excluding hydrogens is 445 g/mol. The van der Waals surface area contributed by atoms with Crippen LogP contribution in [0.3, 0.4) is 0 Å². The van der Waals surface area contributed by atoms with Gasteiger partial charge in [0, 0.05) is 23.2 Å². The number of hydrogen-bond acceptors (Lipinski definition) is 3. The topological polar surface area (TPSA) is 67.4 Å². The molecule has 0 unspecified atom stereocenters. The van der Waals surface area contributed by atoms with E-state index in [1.165, 1.54) is 24.5 Å². The average molecular weight is 477 g/mol. The van der Waals surface area contributed by atoms with Gasteiger partial charge in [0.05, 0.1) is 18.4 Å². The summed E-state index contributed by atoms with van der Waals surface area (Å²) in [5, 5.41) is 5.59. The van der Waals surface area contributed by atoms with Gasteiger partial charge >= 0.3 is 6.18 Å². The molecule has 2 amide bonds. The van der Waals surface area contributed by atoms with Gasteiger partial charge in [-0.05, 0) is 56.4 Å². The molecule has 2 rings (SSSR count). The van der Waals surface area contributed by atoms with E-state index in [0.717, 1.165) is 12.0 Å². The monoisotopic (exact) mass is 476 g/mol. The quantitative estimate of drug-likeness (QED) is 0.231. The van der Waals surface area contributed by atoms with Crippen molar-refractivity contribution in [3.63, 3.8) is 0 Å². The highest BCUT2D eigenvalue weighted by molar-refractivity contribution is 6.08. The zero-order chi connectivity index (χ0) is 25.3. The van der Waals surface area contributed by atoms with E-state index >= 15 is 0 Å². The predicted molar refractivity (Wildman–Crippen MR) is 129 cm³/mol. The maximum absolute atomic E-state index is 13.2. The number of ether oxygens (including phenoxy) is 1. The van der Waals surface area contributed by atoms with Crippen molar-refractivity contribution >= 4 is 23.2 Å². The molecule has 1 aliphatic rings. The Balaban J connectivity index is 2.55. The van der Waals surface area contributed by atoms with E-state index in [-0.39, 0.29) is 23.5 Å². The number of amides is 2. The van der Waals surface area contributed by atoms with Gasteiger partial charge in [-0.15, -0.1) is 0 Å². The van der Waals surface area contributed by atoms with Crippen molar-refractivity contribution < 1.29 is 27.5 Å². The summed E-state index contributed by atoms with van der Waals surface area (Å²) >= 11 is 0.